The molecule has 1 saturated heterocycles. The fourth-order valence-corrected chi connectivity index (χ4v) is 3.11. The zero-order valence-corrected chi connectivity index (χ0v) is 17.0. The molecule has 29 heavy (non-hydrogen) atoms. The molecule has 0 radical (unpaired) electrons. The molecule has 1 aliphatic heterocycles. The van der Waals surface area contributed by atoms with Gasteiger partial charge in [-0.2, -0.15) is 0 Å². The van der Waals surface area contributed by atoms with Crippen LogP contribution < -0.4 is 18.9 Å². The van der Waals surface area contributed by atoms with Gasteiger partial charge in [-0.1, -0.05) is 12.1 Å². The molecule has 1 heterocycles. The molecule has 3 rings (SSSR count). The summed E-state index contributed by atoms with van der Waals surface area (Å²) in [6, 6.07) is 11.0. The topological polar surface area (TPSA) is 63.2 Å². The summed E-state index contributed by atoms with van der Waals surface area (Å²) in [7, 11) is 6.32. The quantitative estimate of drug-likeness (QED) is 0.693. The van der Waals surface area contributed by atoms with Crippen molar-refractivity contribution in [2.45, 2.75) is 0 Å². The number of carbonyl (C=O) groups is 1. The summed E-state index contributed by atoms with van der Waals surface area (Å²) in [5.41, 5.74) is 2.83. The van der Waals surface area contributed by atoms with Crippen LogP contribution in [0.5, 0.6) is 23.0 Å². The van der Waals surface area contributed by atoms with E-state index >= 15 is 0 Å². The standard InChI is InChI=1S/C23H24O6/c1-25-19-7-5-15(11-21(19)27-3)9-17-13-29-14-18(23(17)24)10-16-6-8-20(26-2)22(12-16)28-4/h5-12H,13-14H2,1-4H3/b17-9+,18-10+. The Morgan fingerprint density at radius 3 is 1.48 bits per heavy atom. The van der Waals surface area contributed by atoms with Gasteiger partial charge in [-0.15, -0.1) is 0 Å². The number of hydrogen-bond donors (Lipinski definition) is 0. The van der Waals surface area contributed by atoms with Crippen molar-refractivity contribution in [1.29, 1.82) is 0 Å². The van der Waals surface area contributed by atoms with Gasteiger partial charge in [-0.05, 0) is 47.5 Å². The molecule has 0 aromatic heterocycles. The first kappa shape index (κ1) is 20.5. The third-order valence-corrected chi connectivity index (χ3v) is 4.60. The van der Waals surface area contributed by atoms with Crippen molar-refractivity contribution in [2.75, 3.05) is 41.7 Å². The second kappa shape index (κ2) is 9.30. The third-order valence-electron chi connectivity index (χ3n) is 4.60. The molecule has 0 N–H and O–H groups in total. The summed E-state index contributed by atoms with van der Waals surface area (Å²) in [5, 5.41) is 0. The molecule has 0 spiro atoms. The Morgan fingerprint density at radius 1 is 0.690 bits per heavy atom. The highest BCUT2D eigenvalue weighted by atomic mass is 16.5. The molecule has 1 fully saturated rings. The van der Waals surface area contributed by atoms with Gasteiger partial charge >= 0.3 is 0 Å². The smallest absolute Gasteiger partial charge is 0.189 e. The van der Waals surface area contributed by atoms with Crippen LogP contribution in [0.1, 0.15) is 11.1 Å². The monoisotopic (exact) mass is 396 g/mol. The van der Waals surface area contributed by atoms with Gasteiger partial charge in [0.15, 0.2) is 28.8 Å². The maximum atomic E-state index is 13.0. The molecule has 6 nitrogen and oxygen atoms in total. The van der Waals surface area contributed by atoms with Crippen molar-refractivity contribution in [3.63, 3.8) is 0 Å². The van der Waals surface area contributed by atoms with E-state index in [2.05, 4.69) is 0 Å². The number of benzene rings is 2. The number of Topliss-reactive ketones (excluding diaryl/α,β-unsaturated/α-hetero) is 1. The Kier molecular flexibility index (Phi) is 6.57. The molecule has 2 aromatic carbocycles. The number of rotatable bonds is 6. The highest BCUT2D eigenvalue weighted by Gasteiger charge is 2.21. The van der Waals surface area contributed by atoms with E-state index in [4.69, 9.17) is 23.7 Å². The number of carbonyl (C=O) groups excluding carboxylic acids is 1. The van der Waals surface area contributed by atoms with Crippen LogP contribution in [0.2, 0.25) is 0 Å². The van der Waals surface area contributed by atoms with E-state index in [-0.39, 0.29) is 19.0 Å². The highest BCUT2D eigenvalue weighted by Crippen LogP contribution is 2.31. The largest absolute Gasteiger partial charge is 0.493 e. The lowest BCUT2D eigenvalue weighted by molar-refractivity contribution is -0.114. The molecule has 2 aromatic rings. The van der Waals surface area contributed by atoms with Gasteiger partial charge in [0.05, 0.1) is 41.7 Å². The van der Waals surface area contributed by atoms with Gasteiger partial charge < -0.3 is 23.7 Å². The van der Waals surface area contributed by atoms with Crippen LogP contribution in [-0.4, -0.2) is 47.4 Å². The maximum Gasteiger partial charge on any atom is 0.189 e. The minimum atomic E-state index is -0.0409. The van der Waals surface area contributed by atoms with Crippen molar-refractivity contribution in [3.8, 4) is 23.0 Å². The Hall–Kier alpha value is -3.25. The average molecular weight is 396 g/mol. The minimum absolute atomic E-state index is 0.0409. The van der Waals surface area contributed by atoms with Crippen molar-refractivity contribution in [3.05, 3.63) is 58.7 Å². The van der Waals surface area contributed by atoms with Crippen molar-refractivity contribution >= 4 is 17.9 Å². The zero-order chi connectivity index (χ0) is 20.8. The number of methoxy groups -OCH3 is 4. The third kappa shape index (κ3) is 4.60. The summed E-state index contributed by atoms with van der Waals surface area (Å²) >= 11 is 0. The molecule has 0 amide bonds. The van der Waals surface area contributed by atoms with Crippen LogP contribution in [0.3, 0.4) is 0 Å². The molecule has 0 saturated carbocycles. The van der Waals surface area contributed by atoms with Crippen LogP contribution in [0.15, 0.2) is 47.5 Å². The van der Waals surface area contributed by atoms with Crippen LogP contribution in [0.4, 0.5) is 0 Å². The van der Waals surface area contributed by atoms with E-state index in [9.17, 15) is 4.79 Å². The molecular weight excluding hydrogens is 372 g/mol. The van der Waals surface area contributed by atoms with Crippen LogP contribution in [0.25, 0.3) is 12.2 Å². The molecule has 152 valence electrons. The van der Waals surface area contributed by atoms with Gasteiger partial charge in [0.25, 0.3) is 0 Å². The van der Waals surface area contributed by atoms with Crippen molar-refractivity contribution < 1.29 is 28.5 Å². The fraction of sp³-hybridized carbons (Fsp3) is 0.261. The second-order valence-corrected chi connectivity index (χ2v) is 6.39. The molecule has 0 atom stereocenters. The predicted octanol–water partition coefficient (Wildman–Crippen LogP) is 3.79. The van der Waals surface area contributed by atoms with E-state index in [1.165, 1.54) is 0 Å². The Morgan fingerprint density at radius 2 is 1.10 bits per heavy atom. The summed E-state index contributed by atoms with van der Waals surface area (Å²) in [5.74, 6) is 2.44. The lowest BCUT2D eigenvalue weighted by Gasteiger charge is -2.18. The predicted molar refractivity (Wildman–Crippen MR) is 111 cm³/mol. The van der Waals surface area contributed by atoms with Crippen molar-refractivity contribution in [2.24, 2.45) is 0 Å². The molecular formula is C23H24O6. The molecule has 1 aliphatic rings. The van der Waals surface area contributed by atoms with Gasteiger partial charge in [0, 0.05) is 11.1 Å². The van der Waals surface area contributed by atoms with E-state index in [1.54, 1.807) is 40.6 Å². The number of hydrogen-bond acceptors (Lipinski definition) is 6. The average Bonchev–Trinajstić information content (AvgIpc) is 2.76. The summed E-state index contributed by atoms with van der Waals surface area (Å²) in [6.07, 6.45) is 3.62. The normalized spacial score (nSPS) is 16.8. The molecule has 0 unspecified atom stereocenters. The molecule has 0 bridgehead atoms. The second-order valence-electron chi connectivity index (χ2n) is 6.39. The first-order chi connectivity index (χ1) is 14.1. The van der Waals surface area contributed by atoms with Crippen molar-refractivity contribution in [1.82, 2.24) is 0 Å². The molecule has 0 aliphatic carbocycles. The zero-order valence-electron chi connectivity index (χ0n) is 17.0. The maximum absolute atomic E-state index is 13.0. The first-order valence-corrected chi connectivity index (χ1v) is 9.07. The SMILES string of the molecule is COc1ccc(/C=C2\COC/C(=C\c3ccc(OC)c(OC)c3)C2=O)cc1OC. The van der Waals surface area contributed by atoms with Crippen LogP contribution in [-0.2, 0) is 9.53 Å². The Labute approximate surface area is 170 Å². The minimum Gasteiger partial charge on any atom is -0.493 e. The Bertz CT molecular complexity index is 882. The van der Waals surface area contributed by atoms with Gasteiger partial charge in [0.2, 0.25) is 0 Å². The number of ketones is 1. The fourth-order valence-electron chi connectivity index (χ4n) is 3.11. The highest BCUT2D eigenvalue weighted by molar-refractivity contribution is 6.14. The molecule has 6 heteroatoms. The van der Waals surface area contributed by atoms with Gasteiger partial charge in [-0.3, -0.25) is 4.79 Å². The first-order valence-electron chi connectivity index (χ1n) is 9.07. The van der Waals surface area contributed by atoms with E-state index in [0.717, 1.165) is 11.1 Å². The Balaban J connectivity index is 1.89. The van der Waals surface area contributed by atoms with Gasteiger partial charge in [-0.25, -0.2) is 0 Å². The van der Waals surface area contributed by atoms with E-state index in [1.807, 2.05) is 36.4 Å². The summed E-state index contributed by atoms with van der Waals surface area (Å²) < 4.78 is 26.8. The van der Waals surface area contributed by atoms with Crippen LogP contribution >= 0.6 is 0 Å². The lowest BCUT2D eigenvalue weighted by atomic mass is 9.97. The summed E-state index contributed by atoms with van der Waals surface area (Å²) in [4.78, 5) is 13.0. The van der Waals surface area contributed by atoms with E-state index < -0.39 is 0 Å². The lowest BCUT2D eigenvalue weighted by Crippen LogP contribution is -2.21. The van der Waals surface area contributed by atoms with E-state index in [0.29, 0.717) is 34.1 Å². The summed E-state index contributed by atoms with van der Waals surface area (Å²) in [6.45, 7) is 0.521. The number of ether oxygens (including phenoxy) is 5. The van der Waals surface area contributed by atoms with Gasteiger partial charge in [0.1, 0.15) is 0 Å². The van der Waals surface area contributed by atoms with Crippen LogP contribution in [0, 0.1) is 0 Å².